The molecule has 0 radical (unpaired) electrons. The third kappa shape index (κ3) is 5.11. The molecule has 26 heavy (non-hydrogen) atoms. The third-order valence-electron chi connectivity index (χ3n) is 4.29. The highest BCUT2D eigenvalue weighted by Gasteiger charge is 2.25. The maximum Gasteiger partial charge on any atom is 0.289 e. The molecule has 3 rings (SSSR count). The highest BCUT2D eigenvalue weighted by Crippen LogP contribution is 2.19. The Bertz CT molecular complexity index is 726. The normalized spacial score (nSPS) is 15.0. The summed E-state index contributed by atoms with van der Waals surface area (Å²) in [5.41, 5.74) is 0. The average Bonchev–Trinajstić information content (AvgIpc) is 3.18. The molecule has 1 aliphatic heterocycles. The number of benzene rings is 1. The second-order valence-electron chi connectivity index (χ2n) is 6.16. The summed E-state index contributed by atoms with van der Waals surface area (Å²) in [6, 6.07) is 9.71. The van der Waals surface area contributed by atoms with E-state index in [0.717, 1.165) is 17.7 Å². The molecule has 2 amide bonds. The molecule has 1 N–H and O–H groups in total. The van der Waals surface area contributed by atoms with Crippen molar-refractivity contribution in [1.29, 1.82) is 0 Å². The van der Waals surface area contributed by atoms with Gasteiger partial charge in [-0.2, -0.15) is 0 Å². The van der Waals surface area contributed by atoms with Crippen molar-refractivity contribution in [3.63, 3.8) is 0 Å². The summed E-state index contributed by atoms with van der Waals surface area (Å²) in [6.45, 7) is 1.21. The Balaban J connectivity index is 1.35. The minimum absolute atomic E-state index is 0.00965. The zero-order valence-corrected chi connectivity index (χ0v) is 15.1. The molecule has 5 nitrogen and oxygen atoms in total. The topological polar surface area (TPSA) is 62.6 Å². The molecule has 0 saturated carbocycles. The highest BCUT2D eigenvalue weighted by atomic mass is 32.2. The first-order valence-electron chi connectivity index (χ1n) is 8.62. The van der Waals surface area contributed by atoms with Crippen LogP contribution in [0.4, 0.5) is 4.39 Å². The molecular formula is C19H21FN2O3S. The van der Waals surface area contributed by atoms with Crippen molar-refractivity contribution in [1.82, 2.24) is 10.2 Å². The number of carbonyl (C=O) groups excluding carboxylic acids is 2. The van der Waals surface area contributed by atoms with Crippen molar-refractivity contribution in [2.24, 2.45) is 0 Å². The van der Waals surface area contributed by atoms with Gasteiger partial charge in [-0.05, 0) is 49.2 Å². The van der Waals surface area contributed by atoms with Gasteiger partial charge < -0.3 is 14.6 Å². The van der Waals surface area contributed by atoms with Crippen LogP contribution in [0.5, 0.6) is 0 Å². The van der Waals surface area contributed by atoms with E-state index >= 15 is 0 Å². The van der Waals surface area contributed by atoms with E-state index in [1.807, 2.05) is 0 Å². The Hall–Kier alpha value is -2.28. The number of furan rings is 1. The SMILES string of the molecule is O=C(CCSc1ccc(F)cc1)NC1CCN(C(=O)c2ccco2)CC1. The molecule has 1 aromatic carbocycles. The van der Waals surface area contributed by atoms with Crippen LogP contribution < -0.4 is 5.32 Å². The quantitative estimate of drug-likeness (QED) is 0.786. The summed E-state index contributed by atoms with van der Waals surface area (Å²) >= 11 is 1.53. The van der Waals surface area contributed by atoms with Crippen LogP contribution in [-0.2, 0) is 4.79 Å². The van der Waals surface area contributed by atoms with Gasteiger partial charge in [-0.1, -0.05) is 0 Å². The van der Waals surface area contributed by atoms with Crippen molar-refractivity contribution in [3.05, 3.63) is 54.2 Å². The van der Waals surface area contributed by atoms with Gasteiger partial charge in [0.2, 0.25) is 5.91 Å². The fourth-order valence-electron chi connectivity index (χ4n) is 2.88. The number of carbonyl (C=O) groups is 2. The zero-order chi connectivity index (χ0) is 18.4. The molecule has 138 valence electrons. The number of nitrogens with zero attached hydrogens (tertiary/aromatic N) is 1. The predicted molar refractivity (Wildman–Crippen MR) is 97.5 cm³/mol. The molecule has 2 heterocycles. The van der Waals surface area contributed by atoms with Crippen LogP contribution in [0, 0.1) is 5.82 Å². The van der Waals surface area contributed by atoms with Gasteiger partial charge in [-0.3, -0.25) is 9.59 Å². The van der Waals surface area contributed by atoms with Crippen molar-refractivity contribution in [2.75, 3.05) is 18.8 Å². The number of piperidine rings is 1. The van der Waals surface area contributed by atoms with Gasteiger partial charge >= 0.3 is 0 Å². The van der Waals surface area contributed by atoms with E-state index in [9.17, 15) is 14.0 Å². The van der Waals surface area contributed by atoms with Crippen molar-refractivity contribution >= 4 is 23.6 Å². The van der Waals surface area contributed by atoms with Gasteiger partial charge in [-0.25, -0.2) is 4.39 Å². The van der Waals surface area contributed by atoms with Crippen LogP contribution in [-0.4, -0.2) is 41.6 Å². The number of rotatable bonds is 6. The monoisotopic (exact) mass is 376 g/mol. The molecule has 7 heteroatoms. The number of likely N-dealkylation sites (tertiary alicyclic amines) is 1. The highest BCUT2D eigenvalue weighted by molar-refractivity contribution is 7.99. The molecule has 0 bridgehead atoms. The second kappa shape index (κ2) is 8.89. The van der Waals surface area contributed by atoms with Crippen LogP contribution in [0.3, 0.4) is 0 Å². The van der Waals surface area contributed by atoms with Gasteiger partial charge in [0.15, 0.2) is 5.76 Å². The molecule has 1 saturated heterocycles. The molecule has 1 aliphatic rings. The summed E-state index contributed by atoms with van der Waals surface area (Å²) in [4.78, 5) is 27.0. The minimum atomic E-state index is -0.260. The van der Waals surface area contributed by atoms with Crippen LogP contribution in [0.15, 0.2) is 52.0 Å². The predicted octanol–water partition coefficient (Wildman–Crippen LogP) is 3.32. The van der Waals surface area contributed by atoms with Crippen LogP contribution in [0.1, 0.15) is 29.8 Å². The first-order chi connectivity index (χ1) is 12.6. The summed E-state index contributed by atoms with van der Waals surface area (Å²) < 4.78 is 18.0. The maximum atomic E-state index is 12.9. The Kier molecular flexibility index (Phi) is 6.33. The first kappa shape index (κ1) is 18.5. The number of hydrogen-bond donors (Lipinski definition) is 1. The summed E-state index contributed by atoms with van der Waals surface area (Å²) in [5.74, 6) is 0.646. The Morgan fingerprint density at radius 3 is 2.58 bits per heavy atom. The number of thioether (sulfide) groups is 1. The van der Waals surface area contributed by atoms with Gasteiger partial charge in [0.05, 0.1) is 6.26 Å². The largest absolute Gasteiger partial charge is 0.459 e. The third-order valence-corrected chi connectivity index (χ3v) is 5.30. The van der Waals surface area contributed by atoms with E-state index in [2.05, 4.69) is 5.32 Å². The molecule has 0 aliphatic carbocycles. The lowest BCUT2D eigenvalue weighted by atomic mass is 10.0. The Morgan fingerprint density at radius 1 is 1.19 bits per heavy atom. The van der Waals surface area contributed by atoms with Crippen LogP contribution in [0.25, 0.3) is 0 Å². The van der Waals surface area contributed by atoms with E-state index in [4.69, 9.17) is 4.42 Å². The van der Waals surface area contributed by atoms with Crippen molar-refractivity contribution in [3.8, 4) is 0 Å². The smallest absolute Gasteiger partial charge is 0.289 e. The number of hydrogen-bond acceptors (Lipinski definition) is 4. The van der Waals surface area contributed by atoms with Gasteiger partial charge in [0.1, 0.15) is 5.82 Å². The molecule has 0 unspecified atom stereocenters. The lowest BCUT2D eigenvalue weighted by Gasteiger charge is -2.31. The summed E-state index contributed by atoms with van der Waals surface area (Å²) in [5, 5.41) is 3.03. The Morgan fingerprint density at radius 2 is 1.92 bits per heavy atom. The number of nitrogens with one attached hydrogen (secondary N) is 1. The summed E-state index contributed by atoms with van der Waals surface area (Å²) in [7, 11) is 0. The maximum absolute atomic E-state index is 12.9. The van der Waals surface area contributed by atoms with Crippen LogP contribution >= 0.6 is 11.8 Å². The van der Waals surface area contributed by atoms with Gasteiger partial charge in [-0.15, -0.1) is 11.8 Å². The Labute approximate surface area is 155 Å². The van der Waals surface area contributed by atoms with E-state index in [-0.39, 0.29) is 23.7 Å². The summed E-state index contributed by atoms with van der Waals surface area (Å²) in [6.07, 6.45) is 3.38. The second-order valence-corrected chi connectivity index (χ2v) is 7.33. The minimum Gasteiger partial charge on any atom is -0.459 e. The fourth-order valence-corrected chi connectivity index (χ4v) is 3.73. The van der Waals surface area contributed by atoms with Crippen molar-refractivity contribution < 1.29 is 18.4 Å². The van der Waals surface area contributed by atoms with E-state index in [0.29, 0.717) is 31.0 Å². The standard InChI is InChI=1S/C19H21FN2O3S/c20-14-3-5-16(6-4-14)26-13-9-18(23)21-15-7-10-22(11-8-15)19(24)17-2-1-12-25-17/h1-6,12,15H,7-11,13H2,(H,21,23). The molecule has 1 aromatic heterocycles. The molecule has 0 spiro atoms. The lowest BCUT2D eigenvalue weighted by molar-refractivity contribution is -0.121. The average molecular weight is 376 g/mol. The van der Waals surface area contributed by atoms with Gasteiger partial charge in [0.25, 0.3) is 5.91 Å². The van der Waals surface area contributed by atoms with E-state index in [1.165, 1.54) is 30.2 Å². The molecule has 1 fully saturated rings. The zero-order valence-electron chi connectivity index (χ0n) is 14.3. The number of amides is 2. The van der Waals surface area contributed by atoms with Crippen molar-refractivity contribution in [2.45, 2.75) is 30.2 Å². The van der Waals surface area contributed by atoms with E-state index in [1.54, 1.807) is 29.2 Å². The van der Waals surface area contributed by atoms with E-state index < -0.39 is 0 Å². The van der Waals surface area contributed by atoms with Crippen LogP contribution in [0.2, 0.25) is 0 Å². The van der Waals surface area contributed by atoms with Gasteiger partial charge in [0, 0.05) is 36.2 Å². The fraction of sp³-hybridized carbons (Fsp3) is 0.368. The molecule has 0 atom stereocenters. The molecular weight excluding hydrogens is 355 g/mol. The first-order valence-corrected chi connectivity index (χ1v) is 9.61. The number of halogens is 1. The molecule has 2 aromatic rings. The lowest BCUT2D eigenvalue weighted by Crippen LogP contribution is -2.46.